The van der Waals surface area contributed by atoms with E-state index in [1.807, 2.05) is 48.5 Å². The quantitative estimate of drug-likeness (QED) is 0.423. The van der Waals surface area contributed by atoms with E-state index in [1.165, 1.54) is 7.11 Å². The third-order valence-electron chi connectivity index (χ3n) is 5.96. The molecule has 0 aliphatic heterocycles. The molecule has 2 amide bonds. The van der Waals surface area contributed by atoms with Crippen molar-refractivity contribution in [3.63, 3.8) is 0 Å². The highest BCUT2D eigenvalue weighted by Crippen LogP contribution is 2.44. The number of hydrogen-bond donors (Lipinski definition) is 3. The summed E-state index contributed by atoms with van der Waals surface area (Å²) >= 11 is 0. The topological polar surface area (TPSA) is 114 Å². The molecule has 8 heteroatoms. The Morgan fingerprint density at radius 1 is 0.914 bits per heavy atom. The normalized spacial score (nSPS) is 12.7. The number of methoxy groups -OCH3 is 1. The van der Waals surface area contributed by atoms with Crippen molar-refractivity contribution in [2.45, 2.75) is 24.8 Å². The van der Waals surface area contributed by atoms with Crippen LogP contribution in [0.5, 0.6) is 5.75 Å². The number of rotatable bonds is 9. The van der Waals surface area contributed by atoms with Crippen LogP contribution in [0.3, 0.4) is 0 Å². The fraction of sp³-hybridized carbons (Fsp3) is 0.222. The van der Waals surface area contributed by atoms with Crippen molar-refractivity contribution in [1.29, 1.82) is 0 Å². The highest BCUT2D eigenvalue weighted by Gasteiger charge is 2.30. The van der Waals surface area contributed by atoms with Crippen LogP contribution in [0, 0.1) is 0 Å². The molecule has 1 aliphatic rings. The Morgan fingerprint density at radius 3 is 2.14 bits per heavy atom. The number of carbonyl (C=O) groups is 3. The lowest BCUT2D eigenvalue weighted by molar-refractivity contribution is -0.137. The fourth-order valence-corrected chi connectivity index (χ4v) is 4.29. The molecule has 3 aromatic carbocycles. The maximum Gasteiger partial charge on any atom is 0.407 e. The zero-order chi connectivity index (χ0) is 24.8. The summed E-state index contributed by atoms with van der Waals surface area (Å²) in [6, 6.07) is 21.6. The minimum absolute atomic E-state index is 0.0830. The molecule has 3 aromatic rings. The molecular weight excluding hydrogens is 448 g/mol. The van der Waals surface area contributed by atoms with Gasteiger partial charge in [0.15, 0.2) is 0 Å². The molecule has 3 N–H and O–H groups in total. The van der Waals surface area contributed by atoms with Gasteiger partial charge in [-0.2, -0.15) is 0 Å². The van der Waals surface area contributed by atoms with Crippen LogP contribution in [0.2, 0.25) is 0 Å². The Balaban J connectivity index is 1.44. The zero-order valence-electron chi connectivity index (χ0n) is 19.2. The maximum atomic E-state index is 12.9. The number of fused-ring (bicyclic) bond motifs is 3. The van der Waals surface area contributed by atoms with Gasteiger partial charge in [-0.3, -0.25) is 9.59 Å². The molecule has 1 aliphatic carbocycles. The third kappa shape index (κ3) is 5.43. The molecule has 0 saturated heterocycles. The number of benzene rings is 3. The third-order valence-corrected chi connectivity index (χ3v) is 5.96. The van der Waals surface area contributed by atoms with Gasteiger partial charge in [0.1, 0.15) is 18.4 Å². The Kier molecular flexibility index (Phi) is 7.30. The van der Waals surface area contributed by atoms with Crippen LogP contribution in [-0.4, -0.2) is 42.8 Å². The van der Waals surface area contributed by atoms with Gasteiger partial charge in [0.05, 0.1) is 12.8 Å². The predicted molar refractivity (Wildman–Crippen MR) is 130 cm³/mol. The van der Waals surface area contributed by atoms with Crippen molar-refractivity contribution >= 4 is 23.7 Å². The summed E-state index contributed by atoms with van der Waals surface area (Å²) in [6.45, 7) is 0.0830. The van der Waals surface area contributed by atoms with Crippen molar-refractivity contribution in [1.82, 2.24) is 5.32 Å². The zero-order valence-corrected chi connectivity index (χ0v) is 19.2. The number of ether oxygens (including phenoxy) is 2. The Morgan fingerprint density at radius 2 is 1.51 bits per heavy atom. The number of nitrogens with one attached hydrogen (secondary N) is 2. The van der Waals surface area contributed by atoms with Gasteiger partial charge in [0, 0.05) is 12.3 Å². The minimum atomic E-state index is -1.10. The molecule has 8 nitrogen and oxygen atoms in total. The van der Waals surface area contributed by atoms with Crippen molar-refractivity contribution in [2.75, 3.05) is 19.0 Å². The molecule has 0 radical (unpaired) electrons. The van der Waals surface area contributed by atoms with Crippen LogP contribution >= 0.6 is 0 Å². The first-order valence-corrected chi connectivity index (χ1v) is 11.2. The number of amides is 2. The number of para-hydroxylation sites is 2. The first-order valence-electron chi connectivity index (χ1n) is 11.2. The highest BCUT2D eigenvalue weighted by atomic mass is 16.5. The lowest BCUT2D eigenvalue weighted by Crippen LogP contribution is -2.44. The molecule has 0 saturated carbocycles. The monoisotopic (exact) mass is 474 g/mol. The van der Waals surface area contributed by atoms with E-state index < -0.39 is 24.0 Å². The Labute approximate surface area is 202 Å². The molecule has 35 heavy (non-hydrogen) atoms. The van der Waals surface area contributed by atoms with Gasteiger partial charge in [-0.05, 0) is 40.8 Å². The minimum Gasteiger partial charge on any atom is -0.495 e. The van der Waals surface area contributed by atoms with Crippen molar-refractivity contribution in [2.24, 2.45) is 0 Å². The summed E-state index contributed by atoms with van der Waals surface area (Å²) in [6.07, 6.45) is -1.19. The van der Waals surface area contributed by atoms with E-state index in [4.69, 9.17) is 14.6 Å². The molecule has 1 atom stereocenters. The second-order valence-corrected chi connectivity index (χ2v) is 8.14. The van der Waals surface area contributed by atoms with Gasteiger partial charge in [-0.15, -0.1) is 0 Å². The van der Waals surface area contributed by atoms with Crippen molar-refractivity contribution in [3.05, 3.63) is 83.9 Å². The van der Waals surface area contributed by atoms with Crippen LogP contribution < -0.4 is 15.4 Å². The first-order chi connectivity index (χ1) is 17.0. The largest absolute Gasteiger partial charge is 0.495 e. The molecule has 180 valence electrons. The molecule has 0 bridgehead atoms. The van der Waals surface area contributed by atoms with Gasteiger partial charge in [-0.1, -0.05) is 60.7 Å². The van der Waals surface area contributed by atoms with Gasteiger partial charge in [-0.25, -0.2) is 4.79 Å². The summed E-state index contributed by atoms with van der Waals surface area (Å²) < 4.78 is 10.8. The van der Waals surface area contributed by atoms with Crippen LogP contribution in [0.25, 0.3) is 11.1 Å². The number of alkyl carbamates (subject to hydrolysis) is 1. The van der Waals surface area contributed by atoms with Crippen molar-refractivity contribution < 1.29 is 29.0 Å². The van der Waals surface area contributed by atoms with E-state index in [1.54, 1.807) is 24.3 Å². The Bertz CT molecular complexity index is 1200. The lowest BCUT2D eigenvalue weighted by atomic mass is 9.98. The fourth-order valence-electron chi connectivity index (χ4n) is 4.29. The van der Waals surface area contributed by atoms with Crippen molar-refractivity contribution in [3.8, 4) is 16.9 Å². The SMILES string of the molecule is COc1ccccc1NC(=O)C(CCC(=O)O)NC(=O)OCC1c2ccccc2-c2ccccc21. The van der Waals surface area contributed by atoms with Gasteiger partial charge >= 0.3 is 12.1 Å². The number of hydrogen-bond acceptors (Lipinski definition) is 5. The number of anilines is 1. The predicted octanol–water partition coefficient (Wildman–Crippen LogP) is 4.41. The number of aliphatic carboxylic acids is 1. The highest BCUT2D eigenvalue weighted by molar-refractivity contribution is 5.97. The van der Waals surface area contributed by atoms with Crippen LogP contribution in [0.15, 0.2) is 72.8 Å². The van der Waals surface area contributed by atoms with Gasteiger partial charge in [0.2, 0.25) is 5.91 Å². The smallest absolute Gasteiger partial charge is 0.407 e. The van der Waals surface area contributed by atoms with E-state index >= 15 is 0 Å². The molecule has 0 aromatic heterocycles. The summed E-state index contributed by atoms with van der Waals surface area (Å²) in [5.74, 6) is -1.33. The second-order valence-electron chi connectivity index (χ2n) is 8.14. The number of carboxylic acids is 1. The van der Waals surface area contributed by atoms with Crippen LogP contribution in [0.1, 0.15) is 29.9 Å². The average Bonchev–Trinajstić information content (AvgIpc) is 3.19. The van der Waals surface area contributed by atoms with E-state index in [0.29, 0.717) is 11.4 Å². The molecule has 0 heterocycles. The van der Waals surface area contributed by atoms with E-state index in [9.17, 15) is 14.4 Å². The van der Waals surface area contributed by atoms with E-state index in [2.05, 4.69) is 10.6 Å². The summed E-state index contributed by atoms with van der Waals surface area (Å²) in [5, 5.41) is 14.3. The second kappa shape index (κ2) is 10.7. The molecule has 4 rings (SSSR count). The van der Waals surface area contributed by atoms with Gasteiger partial charge < -0.3 is 25.2 Å². The van der Waals surface area contributed by atoms with Crippen LogP contribution in [0.4, 0.5) is 10.5 Å². The molecule has 0 spiro atoms. The molecule has 0 fully saturated rings. The number of carboxylic acid groups (broad SMARTS) is 1. The summed E-state index contributed by atoms with van der Waals surface area (Å²) in [7, 11) is 1.47. The lowest BCUT2D eigenvalue weighted by Gasteiger charge is -2.20. The summed E-state index contributed by atoms with van der Waals surface area (Å²) in [4.78, 5) is 36.7. The molecule has 1 unspecified atom stereocenters. The molecular formula is C27H26N2O6. The summed E-state index contributed by atoms with van der Waals surface area (Å²) in [5.41, 5.74) is 4.76. The first kappa shape index (κ1) is 23.8. The standard InChI is InChI=1S/C27H26N2O6/c1-34-24-13-7-6-12-22(24)28-26(32)23(14-15-25(30)31)29-27(33)35-16-21-19-10-4-2-8-17(19)18-9-3-5-11-20(18)21/h2-13,21,23H,14-16H2,1H3,(H,28,32)(H,29,33)(H,30,31). The average molecular weight is 475 g/mol. The number of carbonyl (C=O) groups excluding carboxylic acids is 2. The van der Waals surface area contributed by atoms with E-state index in [0.717, 1.165) is 22.3 Å². The van der Waals surface area contributed by atoms with Gasteiger partial charge in [0.25, 0.3) is 0 Å². The van der Waals surface area contributed by atoms with E-state index in [-0.39, 0.29) is 25.4 Å². The maximum absolute atomic E-state index is 12.9. The Hall–Kier alpha value is -4.33. The van der Waals surface area contributed by atoms with Crippen LogP contribution in [-0.2, 0) is 14.3 Å².